The third kappa shape index (κ3) is 3.85. The quantitative estimate of drug-likeness (QED) is 0.837. The molecule has 0 bridgehead atoms. The van der Waals surface area contributed by atoms with Gasteiger partial charge in [-0.1, -0.05) is 19.1 Å². The molecule has 2 heterocycles. The summed E-state index contributed by atoms with van der Waals surface area (Å²) in [5, 5.41) is 3.73. The Hall–Kier alpha value is -2.34. The molecule has 1 aromatic heterocycles. The summed E-state index contributed by atoms with van der Waals surface area (Å²) in [5.74, 6) is 0.0136. The number of carbonyl (C=O) groups is 2. The lowest BCUT2D eigenvalue weighted by Gasteiger charge is -2.30. The van der Waals surface area contributed by atoms with Gasteiger partial charge in [-0.3, -0.25) is 9.69 Å². The first-order valence-corrected chi connectivity index (χ1v) is 8.70. The Balaban J connectivity index is 1.83. The number of hydrogen-bond acceptors (Lipinski definition) is 4. The van der Waals surface area contributed by atoms with Crippen molar-refractivity contribution in [2.24, 2.45) is 5.92 Å². The van der Waals surface area contributed by atoms with Gasteiger partial charge in [0, 0.05) is 17.4 Å². The number of amides is 1. The van der Waals surface area contributed by atoms with Gasteiger partial charge in [-0.25, -0.2) is 4.79 Å². The van der Waals surface area contributed by atoms with Gasteiger partial charge in [-0.2, -0.15) is 0 Å². The fourth-order valence-corrected chi connectivity index (χ4v) is 3.51. The van der Waals surface area contributed by atoms with Gasteiger partial charge < -0.3 is 15.0 Å². The van der Waals surface area contributed by atoms with E-state index in [1.165, 1.54) is 13.5 Å². The standard InChI is InChI=1S/C19H25N3O3/c1-12-6-7-14-15(9-12)20-18(19(24)25-3)17(14)21-16(23)11-22-8-4-5-13(2)10-22/h6-7,9,13,20H,4-5,8,10-11H2,1-3H3,(H,21,23)/t13-/m0/s1. The number of carbonyl (C=O) groups excluding carboxylic acids is 2. The minimum atomic E-state index is -0.490. The van der Waals surface area contributed by atoms with Gasteiger partial charge in [0.1, 0.15) is 5.69 Å². The van der Waals surface area contributed by atoms with Crippen molar-refractivity contribution in [3.63, 3.8) is 0 Å². The van der Waals surface area contributed by atoms with E-state index < -0.39 is 5.97 Å². The Labute approximate surface area is 147 Å². The molecule has 0 spiro atoms. The second-order valence-corrected chi connectivity index (χ2v) is 6.95. The number of ether oxygens (including phenoxy) is 1. The molecule has 25 heavy (non-hydrogen) atoms. The van der Waals surface area contributed by atoms with E-state index in [0.29, 0.717) is 18.2 Å². The monoisotopic (exact) mass is 343 g/mol. The molecule has 1 saturated heterocycles. The van der Waals surface area contributed by atoms with Crippen molar-refractivity contribution < 1.29 is 14.3 Å². The number of nitrogens with zero attached hydrogens (tertiary/aromatic N) is 1. The maximum Gasteiger partial charge on any atom is 0.356 e. The summed E-state index contributed by atoms with van der Waals surface area (Å²) in [6, 6.07) is 5.81. The van der Waals surface area contributed by atoms with E-state index >= 15 is 0 Å². The van der Waals surface area contributed by atoms with E-state index in [9.17, 15) is 9.59 Å². The maximum absolute atomic E-state index is 12.5. The first-order chi connectivity index (χ1) is 12.0. The van der Waals surface area contributed by atoms with E-state index in [0.717, 1.165) is 36.0 Å². The number of piperidine rings is 1. The molecule has 2 N–H and O–H groups in total. The molecule has 1 atom stereocenters. The van der Waals surface area contributed by atoms with Crippen molar-refractivity contribution in [1.29, 1.82) is 0 Å². The highest BCUT2D eigenvalue weighted by molar-refractivity contribution is 6.11. The van der Waals surface area contributed by atoms with Crippen LogP contribution in [-0.2, 0) is 9.53 Å². The van der Waals surface area contributed by atoms with Crippen LogP contribution in [0.5, 0.6) is 0 Å². The first-order valence-electron chi connectivity index (χ1n) is 8.70. The molecule has 0 radical (unpaired) electrons. The number of H-pyrrole nitrogens is 1. The van der Waals surface area contributed by atoms with Gasteiger partial charge in [0.2, 0.25) is 5.91 Å². The zero-order valence-corrected chi connectivity index (χ0v) is 15.0. The topological polar surface area (TPSA) is 74.4 Å². The summed E-state index contributed by atoms with van der Waals surface area (Å²) >= 11 is 0. The van der Waals surface area contributed by atoms with E-state index in [4.69, 9.17) is 4.74 Å². The summed E-state index contributed by atoms with van der Waals surface area (Å²) in [6.45, 7) is 6.40. The van der Waals surface area contributed by atoms with Crippen molar-refractivity contribution in [2.45, 2.75) is 26.7 Å². The minimum absolute atomic E-state index is 0.110. The number of methoxy groups -OCH3 is 1. The number of hydrogen-bond donors (Lipinski definition) is 2. The summed E-state index contributed by atoms with van der Waals surface area (Å²) in [5.41, 5.74) is 2.66. The van der Waals surface area contributed by atoms with Crippen LogP contribution in [-0.4, -0.2) is 48.5 Å². The molecule has 6 nitrogen and oxygen atoms in total. The average molecular weight is 343 g/mol. The minimum Gasteiger partial charge on any atom is -0.464 e. The van der Waals surface area contributed by atoms with Crippen LogP contribution in [0.15, 0.2) is 18.2 Å². The highest BCUT2D eigenvalue weighted by Crippen LogP contribution is 2.29. The number of aromatic amines is 1. The molecular formula is C19H25N3O3. The second-order valence-electron chi connectivity index (χ2n) is 6.95. The first kappa shape index (κ1) is 17.5. The molecule has 1 fully saturated rings. The molecule has 1 aromatic carbocycles. The molecule has 6 heteroatoms. The van der Waals surface area contributed by atoms with Gasteiger partial charge in [0.25, 0.3) is 0 Å². The average Bonchev–Trinajstić information content (AvgIpc) is 2.91. The molecule has 1 amide bonds. The largest absolute Gasteiger partial charge is 0.464 e. The Morgan fingerprint density at radius 3 is 2.92 bits per heavy atom. The van der Waals surface area contributed by atoms with Crippen LogP contribution in [0.2, 0.25) is 0 Å². The molecule has 1 aliphatic rings. The predicted molar refractivity (Wildman–Crippen MR) is 97.8 cm³/mol. The zero-order chi connectivity index (χ0) is 18.0. The molecular weight excluding hydrogens is 318 g/mol. The van der Waals surface area contributed by atoms with Gasteiger partial charge in [-0.05, 0) is 43.9 Å². The number of nitrogens with one attached hydrogen (secondary N) is 2. The van der Waals surface area contributed by atoms with E-state index in [1.54, 1.807) is 0 Å². The highest BCUT2D eigenvalue weighted by atomic mass is 16.5. The van der Waals surface area contributed by atoms with Gasteiger partial charge in [0.15, 0.2) is 0 Å². The Morgan fingerprint density at radius 2 is 2.20 bits per heavy atom. The van der Waals surface area contributed by atoms with Crippen LogP contribution in [0, 0.1) is 12.8 Å². The fourth-order valence-electron chi connectivity index (χ4n) is 3.51. The SMILES string of the molecule is COC(=O)c1[nH]c2cc(C)ccc2c1NC(=O)CN1CCC[C@H](C)C1. The molecule has 134 valence electrons. The summed E-state index contributed by atoms with van der Waals surface area (Å²) in [4.78, 5) is 29.9. The van der Waals surface area contributed by atoms with Crippen LogP contribution in [0.3, 0.4) is 0 Å². The van der Waals surface area contributed by atoms with Crippen molar-refractivity contribution in [1.82, 2.24) is 9.88 Å². The van der Waals surface area contributed by atoms with Gasteiger partial charge in [0.05, 0.1) is 19.3 Å². The molecule has 3 rings (SSSR count). The lowest BCUT2D eigenvalue weighted by atomic mass is 10.0. The van der Waals surface area contributed by atoms with Crippen molar-refractivity contribution in [3.8, 4) is 0 Å². The van der Waals surface area contributed by atoms with E-state index in [-0.39, 0.29) is 11.6 Å². The fraction of sp³-hybridized carbons (Fsp3) is 0.474. The lowest BCUT2D eigenvalue weighted by molar-refractivity contribution is -0.117. The summed E-state index contributed by atoms with van der Waals surface area (Å²) in [7, 11) is 1.33. The maximum atomic E-state index is 12.5. The molecule has 0 unspecified atom stereocenters. The summed E-state index contributed by atoms with van der Waals surface area (Å²) < 4.78 is 4.85. The number of esters is 1. The van der Waals surface area contributed by atoms with Crippen LogP contribution in [0.1, 0.15) is 35.8 Å². The second kappa shape index (κ2) is 7.27. The normalized spacial score (nSPS) is 18.3. The number of anilines is 1. The number of benzene rings is 1. The van der Waals surface area contributed by atoms with Crippen LogP contribution in [0.4, 0.5) is 5.69 Å². The lowest BCUT2D eigenvalue weighted by Crippen LogP contribution is -2.39. The zero-order valence-electron chi connectivity index (χ0n) is 15.0. The number of aryl methyl sites for hydroxylation is 1. The highest BCUT2D eigenvalue weighted by Gasteiger charge is 2.23. The van der Waals surface area contributed by atoms with Crippen LogP contribution in [0.25, 0.3) is 10.9 Å². The molecule has 0 saturated carbocycles. The molecule has 2 aromatic rings. The van der Waals surface area contributed by atoms with Crippen LogP contribution >= 0.6 is 0 Å². The molecule has 0 aliphatic carbocycles. The van der Waals surface area contributed by atoms with E-state index in [2.05, 4.69) is 22.1 Å². The van der Waals surface area contributed by atoms with Crippen molar-refractivity contribution >= 4 is 28.5 Å². The van der Waals surface area contributed by atoms with Gasteiger partial charge >= 0.3 is 5.97 Å². The third-order valence-corrected chi connectivity index (χ3v) is 4.72. The van der Waals surface area contributed by atoms with E-state index in [1.807, 2.05) is 25.1 Å². The van der Waals surface area contributed by atoms with Crippen molar-refractivity contribution in [3.05, 3.63) is 29.5 Å². The number of aromatic nitrogens is 1. The number of rotatable bonds is 4. The van der Waals surface area contributed by atoms with Crippen molar-refractivity contribution in [2.75, 3.05) is 32.1 Å². The predicted octanol–water partition coefficient (Wildman–Crippen LogP) is 2.93. The third-order valence-electron chi connectivity index (χ3n) is 4.72. The van der Waals surface area contributed by atoms with Crippen LogP contribution < -0.4 is 5.32 Å². The Bertz CT molecular complexity index is 797. The van der Waals surface area contributed by atoms with Gasteiger partial charge in [-0.15, -0.1) is 0 Å². The Kier molecular flexibility index (Phi) is 5.08. The summed E-state index contributed by atoms with van der Waals surface area (Å²) in [6.07, 6.45) is 2.33. The Morgan fingerprint density at radius 1 is 1.40 bits per heavy atom. The molecule has 1 aliphatic heterocycles. The smallest absolute Gasteiger partial charge is 0.356 e. The number of likely N-dealkylation sites (tertiary alicyclic amines) is 1. The number of fused-ring (bicyclic) bond motifs is 1.